The van der Waals surface area contributed by atoms with Gasteiger partial charge in [0, 0.05) is 34.5 Å². The molecule has 1 aromatic heterocycles. The lowest BCUT2D eigenvalue weighted by molar-refractivity contribution is -0.114. The lowest BCUT2D eigenvalue weighted by Crippen LogP contribution is -2.45. The number of hydrogen-bond acceptors (Lipinski definition) is 6. The first-order valence-corrected chi connectivity index (χ1v) is 12.4. The molecular formula is C22H16FN5O3S2. The van der Waals surface area contributed by atoms with Crippen LogP contribution in [-0.2, 0) is 21.2 Å². The van der Waals surface area contributed by atoms with Crippen LogP contribution in [0.5, 0.6) is 0 Å². The fourth-order valence-electron chi connectivity index (χ4n) is 3.72. The van der Waals surface area contributed by atoms with Crippen LogP contribution >= 0.6 is 11.9 Å². The lowest BCUT2D eigenvalue weighted by atomic mass is 10.1. The SMILES string of the molecule is CS(=O)(=O)C1=NSC2=NC(=O)/C(=C\c3cn(Cc4ccccc4F)c4ccccc34)C(=N)N21. The summed E-state index contributed by atoms with van der Waals surface area (Å²) in [5, 5.41) is 9.02. The summed E-state index contributed by atoms with van der Waals surface area (Å²) in [4.78, 5) is 17.7. The fourth-order valence-corrected chi connectivity index (χ4v) is 5.57. The summed E-state index contributed by atoms with van der Waals surface area (Å²) in [5.74, 6) is -1.29. The Labute approximate surface area is 192 Å². The second kappa shape index (κ2) is 7.78. The first kappa shape index (κ1) is 21.3. The van der Waals surface area contributed by atoms with Crippen molar-refractivity contribution in [3.05, 3.63) is 77.2 Å². The van der Waals surface area contributed by atoms with Crippen molar-refractivity contribution in [1.82, 2.24) is 9.47 Å². The monoisotopic (exact) mass is 481 g/mol. The normalized spacial score (nSPS) is 17.5. The van der Waals surface area contributed by atoms with E-state index in [0.717, 1.165) is 34.0 Å². The van der Waals surface area contributed by atoms with Gasteiger partial charge in [0.25, 0.3) is 5.91 Å². The summed E-state index contributed by atoms with van der Waals surface area (Å²) < 4.78 is 44.1. The number of amides is 1. The van der Waals surface area contributed by atoms with Gasteiger partial charge in [-0.05, 0) is 18.2 Å². The second-order valence-corrected chi connectivity index (χ2v) is 10.1. The van der Waals surface area contributed by atoms with Crippen LogP contribution in [-0.4, -0.2) is 46.2 Å². The summed E-state index contributed by atoms with van der Waals surface area (Å²) in [6.45, 7) is 0.275. The highest BCUT2D eigenvalue weighted by Crippen LogP contribution is 2.31. The summed E-state index contributed by atoms with van der Waals surface area (Å²) in [7, 11) is -3.73. The van der Waals surface area contributed by atoms with E-state index in [0.29, 0.717) is 11.1 Å². The van der Waals surface area contributed by atoms with Crippen LogP contribution in [0, 0.1) is 11.2 Å². The molecule has 5 rings (SSSR count). The Hall–Kier alpha value is -3.57. The summed E-state index contributed by atoms with van der Waals surface area (Å²) in [5.41, 5.74) is 1.89. The molecule has 3 heterocycles. The van der Waals surface area contributed by atoms with E-state index >= 15 is 0 Å². The molecule has 2 aliphatic heterocycles. The number of fused-ring (bicyclic) bond motifs is 2. The number of aliphatic imine (C=N–C) groups is 1. The van der Waals surface area contributed by atoms with Gasteiger partial charge in [0.15, 0.2) is 0 Å². The molecule has 11 heteroatoms. The first-order chi connectivity index (χ1) is 15.7. The van der Waals surface area contributed by atoms with E-state index in [1.165, 1.54) is 12.1 Å². The van der Waals surface area contributed by atoms with Gasteiger partial charge < -0.3 is 4.57 Å². The molecule has 0 bridgehead atoms. The summed E-state index contributed by atoms with van der Waals surface area (Å²) >= 11 is 0.743. The van der Waals surface area contributed by atoms with Gasteiger partial charge in [-0.3, -0.25) is 10.2 Å². The van der Waals surface area contributed by atoms with Crippen molar-refractivity contribution in [2.75, 3.05) is 6.26 Å². The number of amidine groups is 3. The van der Waals surface area contributed by atoms with E-state index in [1.54, 1.807) is 24.4 Å². The highest BCUT2D eigenvalue weighted by atomic mass is 32.2. The molecule has 8 nitrogen and oxygen atoms in total. The van der Waals surface area contributed by atoms with Crippen LogP contribution in [0.1, 0.15) is 11.1 Å². The molecule has 0 atom stereocenters. The topological polar surface area (TPSA) is 108 Å². The third kappa shape index (κ3) is 3.68. The largest absolute Gasteiger partial charge is 0.342 e. The Bertz CT molecular complexity index is 1550. The zero-order chi connectivity index (χ0) is 23.3. The van der Waals surface area contributed by atoms with Crippen molar-refractivity contribution in [3.63, 3.8) is 0 Å². The molecule has 0 radical (unpaired) electrons. The Morgan fingerprint density at radius 2 is 1.88 bits per heavy atom. The summed E-state index contributed by atoms with van der Waals surface area (Å²) in [6.07, 6.45) is 4.26. The van der Waals surface area contributed by atoms with Crippen LogP contribution in [0.25, 0.3) is 17.0 Å². The van der Waals surface area contributed by atoms with Gasteiger partial charge in [-0.15, -0.1) is 0 Å². The van der Waals surface area contributed by atoms with Crippen LogP contribution in [0.15, 0.2) is 69.7 Å². The molecular weight excluding hydrogens is 465 g/mol. The van der Waals surface area contributed by atoms with E-state index in [-0.39, 0.29) is 34.1 Å². The Kier molecular flexibility index (Phi) is 5.02. The number of nitrogens with one attached hydrogen (secondary N) is 1. The van der Waals surface area contributed by atoms with Crippen LogP contribution in [0.2, 0.25) is 0 Å². The van der Waals surface area contributed by atoms with Crippen molar-refractivity contribution >= 4 is 60.8 Å². The number of hydrogen-bond donors (Lipinski definition) is 1. The number of carbonyl (C=O) groups excluding carboxylic acids is 1. The number of sulfone groups is 1. The standard InChI is InChI=1S/C22H16FN5O3S2/c1-33(30,31)22-26-32-21-25-20(29)16(19(24)28(21)22)10-14-12-27(18-9-5-3-7-15(14)18)11-13-6-2-4-8-17(13)23/h2-10,12,24H,11H2,1H3/b16-10-,24-19?. The van der Waals surface area contributed by atoms with E-state index in [2.05, 4.69) is 9.39 Å². The van der Waals surface area contributed by atoms with Crippen molar-refractivity contribution in [3.8, 4) is 0 Å². The molecule has 0 unspecified atom stereocenters. The number of para-hydroxylation sites is 1. The molecule has 1 amide bonds. The molecule has 166 valence electrons. The minimum atomic E-state index is -3.73. The van der Waals surface area contributed by atoms with Crippen LogP contribution in [0.4, 0.5) is 4.39 Å². The predicted octanol–water partition coefficient (Wildman–Crippen LogP) is 3.45. The van der Waals surface area contributed by atoms with E-state index < -0.39 is 15.7 Å². The number of benzene rings is 2. The quantitative estimate of drug-likeness (QED) is 0.455. The maximum atomic E-state index is 14.2. The maximum absolute atomic E-state index is 14.2. The van der Waals surface area contributed by atoms with Gasteiger partial charge in [0.2, 0.25) is 20.2 Å². The van der Waals surface area contributed by atoms with Crippen LogP contribution < -0.4 is 0 Å². The highest BCUT2D eigenvalue weighted by Gasteiger charge is 2.41. The van der Waals surface area contributed by atoms with Crippen molar-refractivity contribution in [2.45, 2.75) is 6.54 Å². The van der Waals surface area contributed by atoms with Crippen molar-refractivity contribution in [1.29, 1.82) is 5.41 Å². The number of rotatable bonds is 3. The Morgan fingerprint density at radius 1 is 1.15 bits per heavy atom. The zero-order valence-corrected chi connectivity index (χ0v) is 18.8. The lowest BCUT2D eigenvalue weighted by Gasteiger charge is -2.23. The number of halogens is 1. The molecule has 1 N–H and O–H groups in total. The molecule has 0 spiro atoms. The van der Waals surface area contributed by atoms with E-state index in [4.69, 9.17) is 5.41 Å². The van der Waals surface area contributed by atoms with E-state index in [9.17, 15) is 17.6 Å². The molecule has 2 aliphatic rings. The third-order valence-electron chi connectivity index (χ3n) is 5.24. The van der Waals surface area contributed by atoms with Gasteiger partial charge in [-0.1, -0.05) is 36.4 Å². The van der Waals surface area contributed by atoms with Gasteiger partial charge in [0.05, 0.1) is 24.1 Å². The molecule has 0 aliphatic carbocycles. The molecule has 3 aromatic rings. The van der Waals surface area contributed by atoms with Crippen LogP contribution in [0.3, 0.4) is 0 Å². The molecule has 33 heavy (non-hydrogen) atoms. The van der Waals surface area contributed by atoms with Gasteiger partial charge in [-0.2, -0.15) is 9.39 Å². The Morgan fingerprint density at radius 3 is 2.64 bits per heavy atom. The number of aromatic nitrogens is 1. The van der Waals surface area contributed by atoms with E-state index in [1.807, 2.05) is 28.8 Å². The smallest absolute Gasteiger partial charge is 0.283 e. The minimum absolute atomic E-state index is 0.0320. The zero-order valence-electron chi connectivity index (χ0n) is 17.2. The van der Waals surface area contributed by atoms with Crippen molar-refractivity contribution in [2.24, 2.45) is 9.39 Å². The predicted molar refractivity (Wildman–Crippen MR) is 127 cm³/mol. The number of carbonyl (C=O) groups is 1. The minimum Gasteiger partial charge on any atom is -0.342 e. The maximum Gasteiger partial charge on any atom is 0.283 e. The Balaban J connectivity index is 1.60. The average Bonchev–Trinajstić information content (AvgIpc) is 3.35. The van der Waals surface area contributed by atoms with Crippen molar-refractivity contribution < 1.29 is 17.6 Å². The van der Waals surface area contributed by atoms with Gasteiger partial charge in [0.1, 0.15) is 11.7 Å². The highest BCUT2D eigenvalue weighted by molar-refractivity contribution is 8.16. The van der Waals surface area contributed by atoms with Gasteiger partial charge >= 0.3 is 0 Å². The average molecular weight is 482 g/mol. The molecule has 0 saturated carbocycles. The van der Waals surface area contributed by atoms with Gasteiger partial charge in [-0.25, -0.2) is 17.7 Å². The molecule has 0 fully saturated rings. The summed E-state index contributed by atoms with van der Waals surface area (Å²) in [6, 6.07) is 13.9. The molecule has 0 saturated heterocycles. The number of nitrogens with zero attached hydrogens (tertiary/aromatic N) is 4. The fraction of sp³-hybridized carbons (Fsp3) is 0.0909. The molecule has 2 aromatic carbocycles. The first-order valence-electron chi connectivity index (χ1n) is 9.74. The second-order valence-electron chi connectivity index (χ2n) is 7.50. The third-order valence-corrected chi connectivity index (χ3v) is 7.00.